The van der Waals surface area contributed by atoms with Gasteiger partial charge in [0.1, 0.15) is 15.9 Å². The van der Waals surface area contributed by atoms with Crippen LogP contribution in [-0.2, 0) is 19.9 Å². The van der Waals surface area contributed by atoms with Crippen LogP contribution >= 0.6 is 0 Å². The van der Waals surface area contributed by atoms with Crippen molar-refractivity contribution < 1.29 is 16.8 Å². The molecule has 1 saturated heterocycles. The summed E-state index contributed by atoms with van der Waals surface area (Å²) in [7, 11) is -6.92. The minimum absolute atomic E-state index is 0.310. The number of hydrogen-bond donors (Lipinski definition) is 0. The quantitative estimate of drug-likeness (QED) is 0.673. The van der Waals surface area contributed by atoms with E-state index >= 15 is 0 Å². The summed E-state index contributed by atoms with van der Waals surface area (Å²) in [5.41, 5.74) is 0. The van der Waals surface area contributed by atoms with Gasteiger partial charge in [-0.3, -0.25) is 0 Å². The standard InChI is InChI=1S/C8H14N2O4S2/c1-15(11,12)5-6-16(13,14)10-4-2-3-8(10)7-9/h8H,2-6H2,1H3. The van der Waals surface area contributed by atoms with Crippen molar-refractivity contribution >= 4 is 19.9 Å². The predicted octanol–water partition coefficient (Wildman–Crippen LogP) is -0.651. The fourth-order valence-electron chi connectivity index (χ4n) is 1.58. The van der Waals surface area contributed by atoms with Gasteiger partial charge < -0.3 is 0 Å². The number of rotatable bonds is 4. The summed E-state index contributed by atoms with van der Waals surface area (Å²) in [5.74, 6) is -0.839. The third-order valence-electron chi connectivity index (χ3n) is 2.42. The summed E-state index contributed by atoms with van der Waals surface area (Å²) < 4.78 is 46.4. The maximum atomic E-state index is 11.8. The highest BCUT2D eigenvalue weighted by molar-refractivity contribution is 7.93. The van der Waals surface area contributed by atoms with Gasteiger partial charge in [-0.2, -0.15) is 9.57 Å². The molecule has 92 valence electrons. The van der Waals surface area contributed by atoms with Crippen LogP contribution in [0.2, 0.25) is 0 Å². The second-order valence-corrected chi connectivity index (χ2v) is 8.14. The van der Waals surface area contributed by atoms with Gasteiger partial charge in [-0.05, 0) is 12.8 Å². The number of nitrogens with zero attached hydrogens (tertiary/aromatic N) is 2. The monoisotopic (exact) mass is 266 g/mol. The van der Waals surface area contributed by atoms with Gasteiger partial charge in [0, 0.05) is 12.8 Å². The molecule has 0 spiro atoms. The fraction of sp³-hybridized carbons (Fsp3) is 0.875. The van der Waals surface area contributed by atoms with Gasteiger partial charge in [0.05, 0.1) is 17.6 Å². The maximum absolute atomic E-state index is 11.8. The van der Waals surface area contributed by atoms with E-state index in [9.17, 15) is 16.8 Å². The SMILES string of the molecule is CS(=O)(=O)CCS(=O)(=O)N1CCCC1C#N. The molecule has 0 radical (unpaired) electrons. The van der Waals surface area contributed by atoms with E-state index in [0.29, 0.717) is 19.4 Å². The minimum atomic E-state index is -3.62. The highest BCUT2D eigenvalue weighted by atomic mass is 32.2. The van der Waals surface area contributed by atoms with E-state index in [0.717, 1.165) is 10.6 Å². The van der Waals surface area contributed by atoms with Crippen LogP contribution in [0.3, 0.4) is 0 Å². The fourth-order valence-corrected chi connectivity index (χ4v) is 4.81. The Morgan fingerprint density at radius 1 is 1.31 bits per heavy atom. The predicted molar refractivity (Wildman–Crippen MR) is 58.8 cm³/mol. The second kappa shape index (κ2) is 4.69. The Morgan fingerprint density at radius 2 is 1.94 bits per heavy atom. The molecular formula is C8H14N2O4S2. The first-order valence-corrected chi connectivity index (χ1v) is 8.50. The van der Waals surface area contributed by atoms with Crippen molar-refractivity contribution in [1.29, 1.82) is 5.26 Å². The zero-order valence-corrected chi connectivity index (χ0v) is 10.6. The average molecular weight is 266 g/mol. The maximum Gasteiger partial charge on any atom is 0.216 e. The van der Waals surface area contributed by atoms with E-state index in [4.69, 9.17) is 5.26 Å². The van der Waals surface area contributed by atoms with Crippen LogP contribution in [0.5, 0.6) is 0 Å². The first-order valence-electron chi connectivity index (χ1n) is 4.83. The molecule has 0 N–H and O–H groups in total. The number of hydrogen-bond acceptors (Lipinski definition) is 5. The van der Waals surface area contributed by atoms with Crippen molar-refractivity contribution in [3.8, 4) is 6.07 Å². The molecule has 16 heavy (non-hydrogen) atoms. The molecule has 0 aliphatic carbocycles. The Morgan fingerprint density at radius 3 is 2.44 bits per heavy atom. The van der Waals surface area contributed by atoms with Crippen molar-refractivity contribution in [2.45, 2.75) is 18.9 Å². The van der Waals surface area contributed by atoms with E-state index in [1.165, 1.54) is 0 Å². The van der Waals surface area contributed by atoms with Gasteiger partial charge in [0.25, 0.3) is 0 Å². The largest absolute Gasteiger partial charge is 0.229 e. The molecule has 1 unspecified atom stereocenters. The number of sulfone groups is 1. The summed E-state index contributed by atoms with van der Waals surface area (Å²) in [5, 5.41) is 8.75. The molecule has 1 aliphatic heterocycles. The minimum Gasteiger partial charge on any atom is -0.229 e. The lowest BCUT2D eigenvalue weighted by molar-refractivity contribution is 0.438. The lowest BCUT2D eigenvalue weighted by atomic mass is 10.2. The molecule has 1 fully saturated rings. The molecule has 1 atom stereocenters. The van der Waals surface area contributed by atoms with Gasteiger partial charge in [-0.25, -0.2) is 16.8 Å². The Labute approximate surface area is 95.8 Å². The summed E-state index contributed by atoms with van der Waals surface area (Å²) in [6, 6.07) is 1.28. The smallest absolute Gasteiger partial charge is 0.216 e. The van der Waals surface area contributed by atoms with Crippen LogP contribution in [0.1, 0.15) is 12.8 Å². The lowest BCUT2D eigenvalue weighted by Gasteiger charge is -2.18. The summed E-state index contributed by atoms with van der Waals surface area (Å²) in [6.45, 7) is 0.310. The van der Waals surface area contributed by atoms with Crippen LogP contribution < -0.4 is 0 Å². The van der Waals surface area contributed by atoms with Crippen molar-refractivity contribution in [3.05, 3.63) is 0 Å². The Hall–Kier alpha value is -0.650. The normalized spacial score (nSPS) is 23.1. The first kappa shape index (κ1) is 13.4. The topological polar surface area (TPSA) is 95.3 Å². The number of nitriles is 1. The average Bonchev–Trinajstić information content (AvgIpc) is 2.62. The van der Waals surface area contributed by atoms with Crippen LogP contribution in [-0.4, -0.2) is 51.5 Å². The van der Waals surface area contributed by atoms with Gasteiger partial charge in [-0.15, -0.1) is 0 Å². The van der Waals surface area contributed by atoms with Crippen molar-refractivity contribution in [3.63, 3.8) is 0 Å². The van der Waals surface area contributed by atoms with E-state index in [1.807, 2.05) is 6.07 Å². The molecule has 0 aromatic heterocycles. The van der Waals surface area contributed by atoms with E-state index in [2.05, 4.69) is 0 Å². The lowest BCUT2D eigenvalue weighted by Crippen LogP contribution is -2.37. The van der Waals surface area contributed by atoms with E-state index < -0.39 is 37.4 Å². The Bertz CT molecular complexity index is 489. The molecule has 0 aromatic carbocycles. The third kappa shape index (κ3) is 3.43. The van der Waals surface area contributed by atoms with Crippen LogP contribution in [0, 0.1) is 11.3 Å². The first-order chi connectivity index (χ1) is 7.26. The summed E-state index contributed by atoms with van der Waals surface area (Å²) in [4.78, 5) is 0. The van der Waals surface area contributed by atoms with Crippen LogP contribution in [0.15, 0.2) is 0 Å². The van der Waals surface area contributed by atoms with Gasteiger partial charge in [0.15, 0.2) is 0 Å². The summed E-state index contributed by atoms with van der Waals surface area (Å²) >= 11 is 0. The molecule has 1 aliphatic rings. The Balaban J connectivity index is 2.75. The van der Waals surface area contributed by atoms with Gasteiger partial charge in [-0.1, -0.05) is 0 Å². The molecule has 8 heteroatoms. The molecular weight excluding hydrogens is 252 g/mol. The molecule has 0 amide bonds. The van der Waals surface area contributed by atoms with E-state index in [-0.39, 0.29) is 0 Å². The highest BCUT2D eigenvalue weighted by Gasteiger charge is 2.34. The Kier molecular flexibility index (Phi) is 3.93. The third-order valence-corrected chi connectivity index (χ3v) is 5.50. The molecule has 6 nitrogen and oxygen atoms in total. The van der Waals surface area contributed by atoms with Crippen molar-refractivity contribution in [1.82, 2.24) is 4.31 Å². The zero-order chi connectivity index (χ0) is 12.4. The zero-order valence-electron chi connectivity index (χ0n) is 8.96. The van der Waals surface area contributed by atoms with E-state index in [1.54, 1.807) is 0 Å². The molecule has 1 rings (SSSR count). The second-order valence-electron chi connectivity index (χ2n) is 3.84. The molecule has 1 heterocycles. The molecule has 0 saturated carbocycles. The number of sulfonamides is 1. The van der Waals surface area contributed by atoms with Crippen molar-refractivity contribution in [2.24, 2.45) is 0 Å². The van der Waals surface area contributed by atoms with Gasteiger partial charge >= 0.3 is 0 Å². The van der Waals surface area contributed by atoms with Crippen molar-refractivity contribution in [2.75, 3.05) is 24.3 Å². The molecule has 0 bridgehead atoms. The molecule has 0 aromatic rings. The van der Waals surface area contributed by atoms with Gasteiger partial charge in [0.2, 0.25) is 10.0 Å². The highest BCUT2D eigenvalue weighted by Crippen LogP contribution is 2.20. The summed E-state index contributed by atoms with van der Waals surface area (Å²) in [6.07, 6.45) is 2.17. The van der Waals surface area contributed by atoms with Crippen LogP contribution in [0.4, 0.5) is 0 Å². The van der Waals surface area contributed by atoms with Crippen LogP contribution in [0.25, 0.3) is 0 Å².